The minimum Gasteiger partial charge on any atom is -0.461 e. The number of rotatable bonds is 5. The molecule has 2 rings (SSSR count). The van der Waals surface area contributed by atoms with E-state index < -0.39 is 5.97 Å². The molecule has 0 aliphatic carbocycles. The molecule has 0 amide bonds. The van der Waals surface area contributed by atoms with Gasteiger partial charge in [0, 0.05) is 0 Å². The maximum Gasteiger partial charge on any atom is 0.369 e. The van der Waals surface area contributed by atoms with Crippen LogP contribution in [0.2, 0.25) is 0 Å². The predicted molar refractivity (Wildman–Crippen MR) is 76.5 cm³/mol. The Morgan fingerprint density at radius 2 is 2.05 bits per heavy atom. The smallest absolute Gasteiger partial charge is 0.369 e. The van der Waals surface area contributed by atoms with Crippen LogP contribution in [0.4, 0.5) is 0 Å². The summed E-state index contributed by atoms with van der Waals surface area (Å²) in [7, 11) is 0. The van der Waals surface area contributed by atoms with Crippen molar-refractivity contribution in [1.82, 2.24) is 10.2 Å². The Hall–Kier alpha value is -1.95. The van der Waals surface area contributed by atoms with Crippen molar-refractivity contribution in [2.45, 2.75) is 26.7 Å². The van der Waals surface area contributed by atoms with Crippen LogP contribution in [0, 0.1) is 0 Å². The average Bonchev–Trinajstić information content (AvgIpc) is 2.88. The second-order valence-corrected chi connectivity index (χ2v) is 5.33. The number of nitrogens with zero attached hydrogens (tertiary/aromatic N) is 2. The number of ether oxygens (including phenoxy) is 2. The average molecular weight is 292 g/mol. The largest absolute Gasteiger partial charge is 0.461 e. The van der Waals surface area contributed by atoms with Crippen molar-refractivity contribution in [2.24, 2.45) is 0 Å². The number of carbonyl (C=O) groups excluding carboxylic acids is 1. The van der Waals surface area contributed by atoms with E-state index >= 15 is 0 Å². The standard InChI is InChI=1S/C14H16N2O3S/c1-4-18-13(17)12-15-16-14(20-12)19-11-8-6-5-7-10(11)9(2)3/h5-9H,4H2,1-3H3. The molecular weight excluding hydrogens is 276 g/mol. The molecule has 20 heavy (non-hydrogen) atoms. The van der Waals surface area contributed by atoms with Crippen molar-refractivity contribution in [3.05, 3.63) is 34.8 Å². The van der Waals surface area contributed by atoms with E-state index in [0.717, 1.165) is 22.6 Å². The van der Waals surface area contributed by atoms with Crippen molar-refractivity contribution in [3.8, 4) is 10.9 Å². The first-order valence-corrected chi connectivity index (χ1v) is 7.20. The second kappa shape index (κ2) is 6.47. The van der Waals surface area contributed by atoms with Crippen LogP contribution in [0.15, 0.2) is 24.3 Å². The molecule has 0 atom stereocenters. The van der Waals surface area contributed by atoms with Crippen molar-refractivity contribution < 1.29 is 14.3 Å². The normalized spacial score (nSPS) is 10.6. The maximum atomic E-state index is 11.5. The Balaban J connectivity index is 2.17. The van der Waals surface area contributed by atoms with E-state index in [1.807, 2.05) is 24.3 Å². The molecule has 0 radical (unpaired) electrons. The fourth-order valence-electron chi connectivity index (χ4n) is 1.67. The Labute approximate surface area is 121 Å². The summed E-state index contributed by atoms with van der Waals surface area (Å²) in [5, 5.41) is 8.17. The van der Waals surface area contributed by atoms with Gasteiger partial charge in [-0.1, -0.05) is 37.1 Å². The highest BCUT2D eigenvalue weighted by Gasteiger charge is 2.16. The minimum absolute atomic E-state index is 0.198. The van der Waals surface area contributed by atoms with Crippen molar-refractivity contribution in [1.29, 1.82) is 0 Å². The van der Waals surface area contributed by atoms with Gasteiger partial charge in [-0.2, -0.15) is 0 Å². The zero-order chi connectivity index (χ0) is 14.5. The summed E-state index contributed by atoms with van der Waals surface area (Å²) in [5.74, 6) is 0.592. The summed E-state index contributed by atoms with van der Waals surface area (Å²) in [5.41, 5.74) is 1.08. The van der Waals surface area contributed by atoms with Crippen LogP contribution in [-0.2, 0) is 4.74 Å². The summed E-state index contributed by atoms with van der Waals surface area (Å²) < 4.78 is 10.6. The monoisotopic (exact) mass is 292 g/mol. The Bertz CT molecular complexity index is 596. The molecule has 0 bridgehead atoms. The molecule has 0 spiro atoms. The van der Waals surface area contributed by atoms with E-state index in [1.165, 1.54) is 0 Å². The van der Waals surface area contributed by atoms with Crippen LogP contribution < -0.4 is 4.74 Å². The Kier molecular flexibility index (Phi) is 4.68. The fraction of sp³-hybridized carbons (Fsp3) is 0.357. The molecule has 5 nitrogen and oxygen atoms in total. The zero-order valence-electron chi connectivity index (χ0n) is 11.6. The summed E-state index contributed by atoms with van der Waals surface area (Å²) in [6.45, 7) is 6.23. The molecule has 1 aromatic heterocycles. The van der Waals surface area contributed by atoms with Gasteiger partial charge in [-0.3, -0.25) is 0 Å². The van der Waals surface area contributed by atoms with Gasteiger partial charge in [0.25, 0.3) is 5.19 Å². The summed E-state index contributed by atoms with van der Waals surface area (Å²) in [4.78, 5) is 11.5. The molecule has 6 heteroatoms. The van der Waals surface area contributed by atoms with E-state index in [9.17, 15) is 4.79 Å². The van der Waals surface area contributed by atoms with Gasteiger partial charge in [0.1, 0.15) is 5.75 Å². The van der Waals surface area contributed by atoms with Crippen LogP contribution in [0.5, 0.6) is 10.9 Å². The molecule has 0 fully saturated rings. The molecule has 0 saturated carbocycles. The van der Waals surface area contributed by atoms with Gasteiger partial charge >= 0.3 is 5.97 Å². The third-order valence-corrected chi connectivity index (χ3v) is 3.38. The Morgan fingerprint density at radius 3 is 2.75 bits per heavy atom. The van der Waals surface area contributed by atoms with Crippen LogP contribution in [0.3, 0.4) is 0 Å². The number of para-hydroxylation sites is 1. The highest BCUT2D eigenvalue weighted by Crippen LogP contribution is 2.31. The van der Waals surface area contributed by atoms with Crippen LogP contribution in [0.1, 0.15) is 42.1 Å². The lowest BCUT2D eigenvalue weighted by atomic mass is 10.0. The molecule has 1 aromatic carbocycles. The van der Waals surface area contributed by atoms with Crippen molar-refractivity contribution >= 4 is 17.3 Å². The molecule has 0 N–H and O–H groups in total. The zero-order valence-corrected chi connectivity index (χ0v) is 12.4. The van der Waals surface area contributed by atoms with Crippen LogP contribution >= 0.6 is 11.3 Å². The highest BCUT2D eigenvalue weighted by atomic mass is 32.1. The number of hydrogen-bond donors (Lipinski definition) is 0. The van der Waals surface area contributed by atoms with Gasteiger partial charge in [-0.05, 0) is 35.8 Å². The summed E-state index contributed by atoms with van der Waals surface area (Å²) in [6.07, 6.45) is 0. The number of carbonyl (C=O) groups is 1. The summed E-state index contributed by atoms with van der Waals surface area (Å²) >= 11 is 1.08. The first-order valence-electron chi connectivity index (χ1n) is 6.39. The van der Waals surface area contributed by atoms with Crippen LogP contribution in [0.25, 0.3) is 0 Å². The SMILES string of the molecule is CCOC(=O)c1nnc(Oc2ccccc2C(C)C)s1. The lowest BCUT2D eigenvalue weighted by Crippen LogP contribution is -2.03. The molecule has 0 aliphatic rings. The van der Waals surface area contributed by atoms with Gasteiger partial charge in [-0.15, -0.1) is 5.10 Å². The van der Waals surface area contributed by atoms with Crippen molar-refractivity contribution in [2.75, 3.05) is 6.61 Å². The van der Waals surface area contributed by atoms with E-state index in [2.05, 4.69) is 24.0 Å². The van der Waals surface area contributed by atoms with E-state index in [0.29, 0.717) is 17.7 Å². The molecule has 106 valence electrons. The molecular formula is C14H16N2O3S. The molecule has 0 saturated heterocycles. The number of aromatic nitrogens is 2. The predicted octanol–water partition coefficient (Wildman–Crippen LogP) is 3.63. The lowest BCUT2D eigenvalue weighted by molar-refractivity contribution is 0.0525. The Morgan fingerprint density at radius 1 is 1.30 bits per heavy atom. The van der Waals surface area contributed by atoms with E-state index in [1.54, 1.807) is 6.92 Å². The van der Waals surface area contributed by atoms with Crippen molar-refractivity contribution in [3.63, 3.8) is 0 Å². The molecule has 0 unspecified atom stereocenters. The quantitative estimate of drug-likeness (QED) is 0.787. The maximum absolute atomic E-state index is 11.5. The highest BCUT2D eigenvalue weighted by molar-refractivity contribution is 7.14. The minimum atomic E-state index is -0.475. The number of esters is 1. The van der Waals surface area contributed by atoms with Gasteiger partial charge in [0.05, 0.1) is 6.61 Å². The first kappa shape index (κ1) is 14.5. The third-order valence-electron chi connectivity index (χ3n) is 2.59. The molecule has 2 aromatic rings. The van der Waals surface area contributed by atoms with E-state index in [-0.39, 0.29) is 5.01 Å². The second-order valence-electron chi connectivity index (χ2n) is 4.39. The third kappa shape index (κ3) is 3.33. The van der Waals surface area contributed by atoms with E-state index in [4.69, 9.17) is 9.47 Å². The molecule has 0 aliphatic heterocycles. The number of hydrogen-bond acceptors (Lipinski definition) is 6. The van der Waals surface area contributed by atoms with Gasteiger partial charge in [0.15, 0.2) is 0 Å². The topological polar surface area (TPSA) is 61.3 Å². The first-order chi connectivity index (χ1) is 9.61. The van der Waals surface area contributed by atoms with Crippen LogP contribution in [-0.4, -0.2) is 22.8 Å². The van der Waals surface area contributed by atoms with Gasteiger partial charge in [-0.25, -0.2) is 4.79 Å². The van der Waals surface area contributed by atoms with Gasteiger partial charge in [0.2, 0.25) is 5.01 Å². The number of benzene rings is 1. The fourth-order valence-corrected chi connectivity index (χ4v) is 2.27. The van der Waals surface area contributed by atoms with Gasteiger partial charge < -0.3 is 9.47 Å². The summed E-state index contributed by atoms with van der Waals surface area (Å²) in [6, 6.07) is 7.74. The molecule has 1 heterocycles. The lowest BCUT2D eigenvalue weighted by Gasteiger charge is -2.10.